The summed E-state index contributed by atoms with van der Waals surface area (Å²) in [7, 11) is 0. The highest BCUT2D eigenvalue weighted by molar-refractivity contribution is 6.44. The van der Waals surface area contributed by atoms with E-state index in [-0.39, 0.29) is 22.5 Å². The van der Waals surface area contributed by atoms with Crippen molar-refractivity contribution in [1.82, 2.24) is 9.88 Å². The van der Waals surface area contributed by atoms with Gasteiger partial charge in [0, 0.05) is 17.9 Å². The van der Waals surface area contributed by atoms with Crippen LogP contribution in [0.3, 0.4) is 0 Å². The maximum absolute atomic E-state index is 13.6. The van der Waals surface area contributed by atoms with Crippen molar-refractivity contribution in [2.45, 2.75) is 59.5 Å². The van der Waals surface area contributed by atoms with Gasteiger partial charge in [-0.2, -0.15) is 5.26 Å². The molecular formula is C25H27FN4O3. The molecule has 2 amide bonds. The second kappa shape index (κ2) is 10.1. The van der Waals surface area contributed by atoms with Crippen LogP contribution in [0.2, 0.25) is 0 Å². The summed E-state index contributed by atoms with van der Waals surface area (Å²) >= 11 is 0. The van der Waals surface area contributed by atoms with Crippen LogP contribution in [0.5, 0.6) is 0 Å². The number of benzene rings is 1. The van der Waals surface area contributed by atoms with Crippen LogP contribution in [-0.4, -0.2) is 27.7 Å². The normalized spacial score (nSPS) is 10.8. The number of rotatable bonds is 8. The average molecular weight is 451 g/mol. The summed E-state index contributed by atoms with van der Waals surface area (Å²) in [5, 5.41) is 14.3. The monoisotopic (exact) mass is 450 g/mol. The Balaban J connectivity index is 2.45. The smallest absolute Gasteiger partial charge is 0.293 e. The topological polar surface area (TPSA) is 104 Å². The third-order valence-electron chi connectivity index (χ3n) is 5.91. The van der Waals surface area contributed by atoms with Crippen LogP contribution in [0.4, 0.5) is 10.1 Å². The number of nitrogens with one attached hydrogen (secondary N) is 2. The Morgan fingerprint density at radius 2 is 1.82 bits per heavy atom. The molecule has 0 bridgehead atoms. The maximum Gasteiger partial charge on any atom is 0.293 e. The third kappa shape index (κ3) is 4.80. The molecule has 0 saturated heterocycles. The molecule has 7 nitrogen and oxygen atoms in total. The van der Waals surface area contributed by atoms with Gasteiger partial charge in [-0.3, -0.25) is 14.4 Å². The highest BCUT2D eigenvalue weighted by atomic mass is 19.1. The van der Waals surface area contributed by atoms with Crippen molar-refractivity contribution in [3.8, 4) is 18.4 Å². The molecule has 0 radical (unpaired) electrons. The Labute approximate surface area is 193 Å². The van der Waals surface area contributed by atoms with Crippen molar-refractivity contribution >= 4 is 23.3 Å². The molecule has 1 aromatic heterocycles. The molecule has 0 aliphatic carbocycles. The van der Waals surface area contributed by atoms with Gasteiger partial charge in [-0.05, 0) is 57.4 Å². The van der Waals surface area contributed by atoms with E-state index in [9.17, 15) is 18.8 Å². The summed E-state index contributed by atoms with van der Waals surface area (Å²) < 4.78 is 15.2. The second-order valence-corrected chi connectivity index (χ2v) is 7.66. The number of nitrogens with zero attached hydrogens (tertiary/aromatic N) is 2. The van der Waals surface area contributed by atoms with Crippen LogP contribution >= 0.6 is 0 Å². The van der Waals surface area contributed by atoms with Crippen molar-refractivity contribution in [3.63, 3.8) is 0 Å². The zero-order chi connectivity index (χ0) is 24.9. The van der Waals surface area contributed by atoms with E-state index < -0.39 is 29.0 Å². The van der Waals surface area contributed by atoms with E-state index >= 15 is 0 Å². The van der Waals surface area contributed by atoms with Gasteiger partial charge in [0.15, 0.2) is 0 Å². The van der Waals surface area contributed by atoms with E-state index in [1.54, 1.807) is 31.4 Å². The van der Waals surface area contributed by atoms with E-state index in [1.807, 2.05) is 13.8 Å². The van der Waals surface area contributed by atoms with Gasteiger partial charge < -0.3 is 15.2 Å². The standard InChI is InChI=1S/C25H27FN4O3/c1-7-25(8-2,9-3)29-24(33)22(31)20-15(5)21(30(10-4)16(20)6)23(32)28-18-11-12-19(26)17(13-18)14-27/h1,11-13H,8-10H2,2-6H3,(H,28,32)(H,29,33). The van der Waals surface area contributed by atoms with E-state index in [0.29, 0.717) is 30.6 Å². The van der Waals surface area contributed by atoms with Gasteiger partial charge in [0.25, 0.3) is 17.6 Å². The first-order valence-corrected chi connectivity index (χ1v) is 10.6. The molecule has 2 N–H and O–H groups in total. The first-order valence-electron chi connectivity index (χ1n) is 10.6. The SMILES string of the molecule is C#CC(CC)(CC)NC(=O)C(=O)c1c(C)c(C(=O)Nc2ccc(F)c(C#N)c2)n(CC)c1C. The molecule has 0 fully saturated rings. The summed E-state index contributed by atoms with van der Waals surface area (Å²) in [6.45, 7) is 9.08. The van der Waals surface area contributed by atoms with Crippen molar-refractivity contribution in [1.29, 1.82) is 5.26 Å². The van der Waals surface area contributed by atoms with Gasteiger partial charge in [-0.1, -0.05) is 19.8 Å². The number of terminal acetylenes is 1. The van der Waals surface area contributed by atoms with Gasteiger partial charge in [-0.15, -0.1) is 6.42 Å². The molecule has 172 valence electrons. The summed E-state index contributed by atoms with van der Waals surface area (Å²) in [4.78, 5) is 39.0. The number of carbonyl (C=O) groups is 3. The van der Waals surface area contributed by atoms with E-state index in [0.717, 1.165) is 6.07 Å². The predicted molar refractivity (Wildman–Crippen MR) is 123 cm³/mol. The lowest BCUT2D eigenvalue weighted by Crippen LogP contribution is -2.49. The molecular weight excluding hydrogens is 423 g/mol. The molecule has 0 spiro atoms. The van der Waals surface area contributed by atoms with Crippen LogP contribution < -0.4 is 10.6 Å². The minimum Gasteiger partial charge on any atom is -0.340 e. The summed E-state index contributed by atoms with van der Waals surface area (Å²) in [6, 6.07) is 5.37. The molecule has 0 aliphatic rings. The number of nitriles is 1. The maximum atomic E-state index is 13.6. The first-order chi connectivity index (χ1) is 15.6. The fourth-order valence-corrected chi connectivity index (χ4v) is 3.85. The van der Waals surface area contributed by atoms with Crippen LogP contribution in [0, 0.1) is 43.3 Å². The summed E-state index contributed by atoms with van der Waals surface area (Å²) in [5.74, 6) is -0.287. The predicted octanol–water partition coefficient (Wildman–Crippen LogP) is 3.88. The minimum absolute atomic E-state index is 0.134. The molecule has 1 heterocycles. The molecule has 33 heavy (non-hydrogen) atoms. The lowest BCUT2D eigenvalue weighted by molar-refractivity contribution is -0.118. The van der Waals surface area contributed by atoms with E-state index in [1.165, 1.54) is 12.1 Å². The van der Waals surface area contributed by atoms with E-state index in [4.69, 9.17) is 11.7 Å². The Hall–Kier alpha value is -3.91. The zero-order valence-electron chi connectivity index (χ0n) is 19.4. The van der Waals surface area contributed by atoms with Crippen LogP contribution in [-0.2, 0) is 11.3 Å². The van der Waals surface area contributed by atoms with Crippen LogP contribution in [0.15, 0.2) is 18.2 Å². The number of halogens is 1. The molecule has 0 atom stereocenters. The minimum atomic E-state index is -0.927. The molecule has 0 unspecified atom stereocenters. The number of amides is 2. The van der Waals surface area contributed by atoms with Crippen molar-refractivity contribution in [2.75, 3.05) is 5.32 Å². The number of carbonyl (C=O) groups excluding carboxylic acids is 3. The van der Waals surface area contributed by atoms with Crippen molar-refractivity contribution in [3.05, 3.63) is 52.1 Å². The highest BCUT2D eigenvalue weighted by Gasteiger charge is 2.33. The Kier molecular flexibility index (Phi) is 7.79. The molecule has 2 rings (SSSR count). The molecule has 0 aliphatic heterocycles. The largest absolute Gasteiger partial charge is 0.340 e. The Morgan fingerprint density at radius 1 is 1.18 bits per heavy atom. The van der Waals surface area contributed by atoms with Gasteiger partial charge >= 0.3 is 0 Å². The van der Waals surface area contributed by atoms with Gasteiger partial charge in [0.05, 0.1) is 11.1 Å². The van der Waals surface area contributed by atoms with Crippen LogP contribution in [0.1, 0.15) is 71.3 Å². The van der Waals surface area contributed by atoms with Crippen LogP contribution in [0.25, 0.3) is 0 Å². The zero-order valence-corrected chi connectivity index (χ0v) is 19.4. The van der Waals surface area contributed by atoms with E-state index in [2.05, 4.69) is 16.6 Å². The number of hydrogen-bond acceptors (Lipinski definition) is 4. The second-order valence-electron chi connectivity index (χ2n) is 7.66. The molecule has 0 saturated carbocycles. The first kappa shape index (κ1) is 25.4. The average Bonchev–Trinajstić information content (AvgIpc) is 3.07. The fraction of sp³-hybridized carbons (Fsp3) is 0.360. The number of aromatic nitrogens is 1. The molecule has 2 aromatic rings. The quantitative estimate of drug-likeness (QED) is 0.362. The number of hydrogen-bond donors (Lipinski definition) is 2. The molecule has 1 aromatic carbocycles. The van der Waals surface area contributed by atoms with Gasteiger partial charge in [0.2, 0.25) is 0 Å². The number of anilines is 1. The Bertz CT molecular complexity index is 1190. The fourth-order valence-electron chi connectivity index (χ4n) is 3.85. The summed E-state index contributed by atoms with van der Waals surface area (Å²) in [6.07, 6.45) is 6.51. The lowest BCUT2D eigenvalue weighted by Gasteiger charge is -2.26. The molecule has 8 heteroatoms. The third-order valence-corrected chi connectivity index (χ3v) is 5.91. The summed E-state index contributed by atoms with van der Waals surface area (Å²) in [5.41, 5.74) is 0.239. The lowest BCUT2D eigenvalue weighted by atomic mass is 9.93. The number of Topliss-reactive ketones (excluding diaryl/α,β-unsaturated/α-hetero) is 1. The van der Waals surface area contributed by atoms with Gasteiger partial charge in [-0.25, -0.2) is 4.39 Å². The van der Waals surface area contributed by atoms with Gasteiger partial charge in [0.1, 0.15) is 23.1 Å². The van der Waals surface area contributed by atoms with Crippen molar-refractivity contribution < 1.29 is 18.8 Å². The Morgan fingerprint density at radius 3 is 2.33 bits per heavy atom. The highest BCUT2D eigenvalue weighted by Crippen LogP contribution is 2.25. The number of ketones is 1. The van der Waals surface area contributed by atoms with Crippen molar-refractivity contribution in [2.24, 2.45) is 0 Å².